The molecule has 2 heterocycles. The summed E-state index contributed by atoms with van der Waals surface area (Å²) in [4.78, 5) is 24.0. The lowest BCUT2D eigenvalue weighted by Gasteiger charge is -2.24. The Morgan fingerprint density at radius 3 is 2.92 bits per heavy atom. The molecule has 0 saturated carbocycles. The molecule has 1 fully saturated rings. The van der Waals surface area contributed by atoms with E-state index in [0.717, 1.165) is 43.6 Å². The molecule has 0 aliphatic carbocycles. The number of amides is 1. The van der Waals surface area contributed by atoms with Gasteiger partial charge in [-0.2, -0.15) is 0 Å². The number of aliphatic carboxylic acids is 1. The minimum atomic E-state index is -1.12. The standard InChI is InChI=1S/C19H25NO6/c1-12(26-11-15-4-2-3-8-24-15)18(21)20-17(19(22)23)14-5-6-16-13(10-14)7-9-25-16/h5-6,10,12,15,17H,2-4,7-9,11H2,1H3,(H,20,21)(H,22,23). The molecule has 3 rings (SSSR count). The van der Waals surface area contributed by atoms with E-state index in [-0.39, 0.29) is 6.10 Å². The zero-order chi connectivity index (χ0) is 18.5. The lowest BCUT2D eigenvalue weighted by Crippen LogP contribution is -2.41. The summed E-state index contributed by atoms with van der Waals surface area (Å²) in [7, 11) is 0. The maximum Gasteiger partial charge on any atom is 0.330 e. The number of ether oxygens (including phenoxy) is 3. The normalized spacial score (nSPS) is 21.3. The van der Waals surface area contributed by atoms with Crippen molar-refractivity contribution >= 4 is 11.9 Å². The molecule has 1 saturated heterocycles. The van der Waals surface area contributed by atoms with E-state index in [0.29, 0.717) is 18.8 Å². The highest BCUT2D eigenvalue weighted by Crippen LogP contribution is 2.28. The number of carbonyl (C=O) groups excluding carboxylic acids is 1. The molecule has 1 aromatic rings. The van der Waals surface area contributed by atoms with Gasteiger partial charge in [0.15, 0.2) is 6.04 Å². The quantitative estimate of drug-likeness (QED) is 0.768. The number of carboxylic acids is 1. The first-order chi connectivity index (χ1) is 12.5. The molecule has 3 unspecified atom stereocenters. The summed E-state index contributed by atoms with van der Waals surface area (Å²) in [5.41, 5.74) is 1.49. The first-order valence-electron chi connectivity index (χ1n) is 9.06. The van der Waals surface area contributed by atoms with Crippen molar-refractivity contribution in [3.63, 3.8) is 0 Å². The molecule has 2 aliphatic heterocycles. The molecular weight excluding hydrogens is 338 g/mol. The summed E-state index contributed by atoms with van der Waals surface area (Å²) in [6, 6.07) is 4.08. The number of nitrogens with one attached hydrogen (secondary N) is 1. The van der Waals surface area contributed by atoms with Crippen LogP contribution in [0, 0.1) is 0 Å². The van der Waals surface area contributed by atoms with Crippen molar-refractivity contribution in [3.8, 4) is 5.75 Å². The van der Waals surface area contributed by atoms with Gasteiger partial charge in [0, 0.05) is 13.0 Å². The van der Waals surface area contributed by atoms with Crippen LogP contribution in [0.5, 0.6) is 5.75 Å². The van der Waals surface area contributed by atoms with Crippen LogP contribution in [-0.2, 0) is 25.5 Å². The van der Waals surface area contributed by atoms with Crippen LogP contribution in [0.15, 0.2) is 18.2 Å². The van der Waals surface area contributed by atoms with E-state index >= 15 is 0 Å². The number of benzene rings is 1. The molecule has 1 aromatic carbocycles. The average molecular weight is 363 g/mol. The second kappa shape index (κ2) is 8.51. The predicted molar refractivity (Wildman–Crippen MR) is 93.2 cm³/mol. The van der Waals surface area contributed by atoms with Crippen molar-refractivity contribution < 1.29 is 28.9 Å². The topological polar surface area (TPSA) is 94.1 Å². The number of hydrogen-bond donors (Lipinski definition) is 2. The van der Waals surface area contributed by atoms with E-state index < -0.39 is 24.0 Å². The van der Waals surface area contributed by atoms with E-state index in [4.69, 9.17) is 14.2 Å². The van der Waals surface area contributed by atoms with Crippen LogP contribution in [0.2, 0.25) is 0 Å². The van der Waals surface area contributed by atoms with Crippen molar-refractivity contribution in [2.75, 3.05) is 19.8 Å². The monoisotopic (exact) mass is 363 g/mol. The molecule has 0 bridgehead atoms. The second-order valence-corrected chi connectivity index (χ2v) is 6.71. The lowest BCUT2D eigenvalue weighted by molar-refractivity contribution is -0.145. The Morgan fingerprint density at radius 1 is 1.35 bits per heavy atom. The zero-order valence-electron chi connectivity index (χ0n) is 14.9. The lowest BCUT2D eigenvalue weighted by atomic mass is 10.0. The molecular formula is C19H25NO6. The number of fused-ring (bicyclic) bond motifs is 1. The van der Waals surface area contributed by atoms with Gasteiger partial charge >= 0.3 is 5.97 Å². The average Bonchev–Trinajstić information content (AvgIpc) is 3.12. The Kier molecular flexibility index (Phi) is 6.11. The summed E-state index contributed by atoms with van der Waals surface area (Å²) in [6.07, 6.45) is 3.07. The fourth-order valence-corrected chi connectivity index (χ4v) is 3.20. The molecule has 2 N–H and O–H groups in total. The third kappa shape index (κ3) is 4.53. The number of carbonyl (C=O) groups is 2. The van der Waals surface area contributed by atoms with Crippen molar-refractivity contribution in [1.82, 2.24) is 5.32 Å². The summed E-state index contributed by atoms with van der Waals surface area (Å²) in [6.45, 7) is 3.27. The molecule has 0 radical (unpaired) electrons. The van der Waals surface area contributed by atoms with Crippen LogP contribution < -0.4 is 10.1 Å². The molecule has 3 atom stereocenters. The third-order valence-electron chi connectivity index (χ3n) is 4.76. The van der Waals surface area contributed by atoms with Gasteiger partial charge in [-0.1, -0.05) is 6.07 Å². The van der Waals surface area contributed by atoms with Gasteiger partial charge in [-0.3, -0.25) is 4.79 Å². The van der Waals surface area contributed by atoms with E-state index in [9.17, 15) is 14.7 Å². The summed E-state index contributed by atoms with van der Waals surface area (Å²) >= 11 is 0. The number of carboxylic acid groups (broad SMARTS) is 1. The van der Waals surface area contributed by atoms with E-state index in [1.54, 1.807) is 25.1 Å². The van der Waals surface area contributed by atoms with Gasteiger partial charge in [0.25, 0.3) is 0 Å². The van der Waals surface area contributed by atoms with Crippen molar-refractivity contribution in [2.24, 2.45) is 0 Å². The van der Waals surface area contributed by atoms with Crippen LogP contribution in [-0.4, -0.2) is 49.0 Å². The van der Waals surface area contributed by atoms with Crippen molar-refractivity contribution in [2.45, 2.75) is 50.9 Å². The first-order valence-corrected chi connectivity index (χ1v) is 9.06. The molecule has 26 heavy (non-hydrogen) atoms. The third-order valence-corrected chi connectivity index (χ3v) is 4.76. The maximum atomic E-state index is 12.4. The Morgan fingerprint density at radius 2 is 2.19 bits per heavy atom. The molecule has 0 spiro atoms. The van der Waals surface area contributed by atoms with Crippen LogP contribution >= 0.6 is 0 Å². The van der Waals surface area contributed by atoms with Crippen molar-refractivity contribution in [1.29, 1.82) is 0 Å². The minimum Gasteiger partial charge on any atom is -0.493 e. The highest BCUT2D eigenvalue weighted by Gasteiger charge is 2.27. The van der Waals surface area contributed by atoms with Gasteiger partial charge < -0.3 is 24.6 Å². The van der Waals surface area contributed by atoms with E-state index in [2.05, 4.69) is 5.32 Å². The zero-order valence-corrected chi connectivity index (χ0v) is 14.9. The smallest absolute Gasteiger partial charge is 0.330 e. The molecule has 142 valence electrons. The SMILES string of the molecule is CC(OCC1CCCCO1)C(=O)NC(C(=O)O)c1ccc2c(c1)CCO2. The molecule has 0 aromatic heterocycles. The van der Waals surface area contributed by atoms with Gasteiger partial charge in [-0.05, 0) is 49.4 Å². The Bertz CT molecular complexity index is 655. The molecule has 7 nitrogen and oxygen atoms in total. The summed E-state index contributed by atoms with van der Waals surface area (Å²) in [5.74, 6) is -0.793. The highest BCUT2D eigenvalue weighted by atomic mass is 16.5. The van der Waals surface area contributed by atoms with Crippen LogP contribution in [0.4, 0.5) is 0 Å². The highest BCUT2D eigenvalue weighted by molar-refractivity contribution is 5.86. The summed E-state index contributed by atoms with van der Waals surface area (Å²) < 4.78 is 16.6. The predicted octanol–water partition coefficient (Wildman–Crippen LogP) is 1.84. The first kappa shape index (κ1) is 18.7. The fraction of sp³-hybridized carbons (Fsp3) is 0.579. The largest absolute Gasteiger partial charge is 0.493 e. The number of rotatable bonds is 7. The second-order valence-electron chi connectivity index (χ2n) is 6.71. The van der Waals surface area contributed by atoms with Crippen molar-refractivity contribution in [3.05, 3.63) is 29.3 Å². The van der Waals surface area contributed by atoms with Crippen LogP contribution in [0.25, 0.3) is 0 Å². The van der Waals surface area contributed by atoms with Gasteiger partial charge in [0.2, 0.25) is 5.91 Å². The van der Waals surface area contributed by atoms with Gasteiger partial charge in [-0.15, -0.1) is 0 Å². The van der Waals surface area contributed by atoms with Gasteiger partial charge in [0.05, 0.1) is 19.3 Å². The Balaban J connectivity index is 1.58. The molecule has 1 amide bonds. The minimum absolute atomic E-state index is 0.00554. The summed E-state index contributed by atoms with van der Waals surface area (Å²) in [5, 5.41) is 12.1. The fourth-order valence-electron chi connectivity index (χ4n) is 3.20. The molecule has 7 heteroatoms. The Hall–Kier alpha value is -2.12. The molecule has 2 aliphatic rings. The van der Waals surface area contributed by atoms with Crippen LogP contribution in [0.3, 0.4) is 0 Å². The Labute approximate surface area is 152 Å². The van der Waals surface area contributed by atoms with Gasteiger partial charge in [0.1, 0.15) is 11.9 Å². The van der Waals surface area contributed by atoms with Crippen LogP contribution in [0.1, 0.15) is 43.4 Å². The maximum absolute atomic E-state index is 12.4. The van der Waals surface area contributed by atoms with Gasteiger partial charge in [-0.25, -0.2) is 4.79 Å². The number of hydrogen-bond acceptors (Lipinski definition) is 5. The van der Waals surface area contributed by atoms with E-state index in [1.165, 1.54) is 0 Å². The van der Waals surface area contributed by atoms with E-state index in [1.807, 2.05) is 0 Å².